The van der Waals surface area contributed by atoms with Gasteiger partial charge in [0.15, 0.2) is 5.92 Å². The molecular formula is C34H31BO6. The minimum Gasteiger partial charge on any atom is -0.468 e. The Labute approximate surface area is 240 Å². The summed E-state index contributed by atoms with van der Waals surface area (Å²) in [5.41, 5.74) is 1.43. The second-order valence-corrected chi connectivity index (χ2v) is 9.69. The minimum atomic E-state index is -1.11. The van der Waals surface area contributed by atoms with Crippen molar-refractivity contribution in [2.75, 3.05) is 14.2 Å². The van der Waals surface area contributed by atoms with Crippen LogP contribution in [0.15, 0.2) is 133 Å². The van der Waals surface area contributed by atoms with E-state index in [9.17, 15) is 9.59 Å². The fourth-order valence-electron chi connectivity index (χ4n) is 5.63. The maximum atomic E-state index is 12.3. The largest absolute Gasteiger partial charge is 0.487 e. The summed E-state index contributed by atoms with van der Waals surface area (Å²) in [7, 11) is 1.65. The van der Waals surface area contributed by atoms with E-state index in [1.54, 1.807) is 12.1 Å². The maximum absolute atomic E-state index is 12.3. The average Bonchev–Trinajstić information content (AvgIpc) is 3.41. The van der Waals surface area contributed by atoms with Crippen LogP contribution >= 0.6 is 0 Å². The highest BCUT2D eigenvalue weighted by atomic mass is 16.7. The van der Waals surface area contributed by atoms with Gasteiger partial charge < -0.3 is 18.8 Å². The number of benzene rings is 4. The van der Waals surface area contributed by atoms with Gasteiger partial charge in [0.25, 0.3) is 0 Å². The Morgan fingerprint density at radius 1 is 0.634 bits per heavy atom. The first-order chi connectivity index (χ1) is 20.1. The Morgan fingerprint density at radius 3 is 1.24 bits per heavy atom. The second kappa shape index (κ2) is 12.4. The lowest BCUT2D eigenvalue weighted by atomic mass is 9.66. The number of rotatable bonds is 9. The van der Waals surface area contributed by atoms with E-state index in [-0.39, 0.29) is 6.42 Å². The van der Waals surface area contributed by atoms with Crippen molar-refractivity contribution >= 4 is 19.1 Å². The smallest absolute Gasteiger partial charge is 0.468 e. The third-order valence-corrected chi connectivity index (χ3v) is 7.44. The molecule has 0 N–H and O–H groups in total. The molecule has 1 saturated heterocycles. The monoisotopic (exact) mass is 546 g/mol. The first-order valence-electron chi connectivity index (χ1n) is 13.5. The molecule has 0 radical (unpaired) electrons. The Bertz CT molecular complexity index is 1290. The molecule has 0 unspecified atom stereocenters. The van der Waals surface area contributed by atoms with Gasteiger partial charge in [0.05, 0.1) is 14.2 Å². The summed E-state index contributed by atoms with van der Waals surface area (Å²) in [6.07, 6.45) is 1.77. The molecule has 0 saturated carbocycles. The summed E-state index contributed by atoms with van der Waals surface area (Å²) in [5, 5.41) is 0. The zero-order valence-electron chi connectivity index (χ0n) is 23.0. The Kier molecular flexibility index (Phi) is 8.48. The van der Waals surface area contributed by atoms with Gasteiger partial charge in [-0.3, -0.25) is 9.59 Å². The summed E-state index contributed by atoms with van der Waals surface area (Å²) in [6, 6.07) is 40.2. The van der Waals surface area contributed by atoms with Crippen LogP contribution in [0.3, 0.4) is 0 Å². The molecule has 0 aromatic heterocycles. The van der Waals surface area contributed by atoms with Crippen LogP contribution in [0.25, 0.3) is 0 Å². The molecule has 4 aromatic rings. The summed E-state index contributed by atoms with van der Waals surface area (Å²) >= 11 is 0. The van der Waals surface area contributed by atoms with E-state index in [4.69, 9.17) is 18.8 Å². The molecule has 1 heterocycles. The first-order valence-corrected chi connectivity index (χ1v) is 13.5. The summed E-state index contributed by atoms with van der Waals surface area (Å²) in [5.74, 6) is -0.683. The Balaban J connectivity index is 1.72. The van der Waals surface area contributed by atoms with Crippen LogP contribution in [0.4, 0.5) is 0 Å². The highest BCUT2D eigenvalue weighted by molar-refractivity contribution is 6.51. The molecule has 206 valence electrons. The molecule has 41 heavy (non-hydrogen) atoms. The molecule has 1 fully saturated rings. The van der Waals surface area contributed by atoms with Crippen molar-refractivity contribution in [1.82, 2.24) is 0 Å². The van der Waals surface area contributed by atoms with Crippen molar-refractivity contribution in [2.45, 2.75) is 17.6 Å². The van der Waals surface area contributed by atoms with Gasteiger partial charge in [-0.2, -0.15) is 0 Å². The van der Waals surface area contributed by atoms with Crippen molar-refractivity contribution in [3.8, 4) is 0 Å². The van der Waals surface area contributed by atoms with Crippen LogP contribution in [0.5, 0.6) is 0 Å². The Morgan fingerprint density at radius 2 is 0.951 bits per heavy atom. The van der Waals surface area contributed by atoms with Gasteiger partial charge in [-0.05, 0) is 28.7 Å². The van der Waals surface area contributed by atoms with Crippen LogP contribution in [0, 0.1) is 5.92 Å². The molecule has 1 aliphatic rings. The molecule has 0 atom stereocenters. The van der Waals surface area contributed by atoms with Gasteiger partial charge in [-0.1, -0.05) is 133 Å². The average molecular weight is 546 g/mol. The number of carbonyl (C=O) groups excluding carboxylic acids is 2. The van der Waals surface area contributed by atoms with Crippen LogP contribution in [-0.2, 0) is 39.6 Å². The van der Waals surface area contributed by atoms with E-state index in [2.05, 4.69) is 0 Å². The predicted molar refractivity (Wildman–Crippen MR) is 157 cm³/mol. The summed E-state index contributed by atoms with van der Waals surface area (Å²) in [4.78, 5) is 24.5. The van der Waals surface area contributed by atoms with Gasteiger partial charge in [0.2, 0.25) is 0 Å². The van der Waals surface area contributed by atoms with E-state index in [1.165, 1.54) is 14.2 Å². The van der Waals surface area contributed by atoms with Crippen LogP contribution in [-0.4, -0.2) is 33.3 Å². The third-order valence-electron chi connectivity index (χ3n) is 7.44. The van der Waals surface area contributed by atoms with Gasteiger partial charge >= 0.3 is 19.1 Å². The quantitative estimate of drug-likeness (QED) is 0.149. The number of esters is 2. The number of hydrogen-bond donors (Lipinski definition) is 0. The topological polar surface area (TPSA) is 71.1 Å². The number of allylic oxidation sites excluding steroid dienone is 1. The van der Waals surface area contributed by atoms with Gasteiger partial charge in [0, 0.05) is 0 Å². The van der Waals surface area contributed by atoms with E-state index in [0.29, 0.717) is 0 Å². The maximum Gasteiger partial charge on any atom is 0.487 e. The molecule has 1 aliphatic heterocycles. The minimum absolute atomic E-state index is 0.0654. The van der Waals surface area contributed by atoms with Gasteiger partial charge in [-0.25, -0.2) is 0 Å². The predicted octanol–water partition coefficient (Wildman–Crippen LogP) is 5.86. The van der Waals surface area contributed by atoms with E-state index in [1.807, 2.05) is 121 Å². The Hall–Kier alpha value is -4.46. The number of carbonyl (C=O) groups is 2. The van der Waals surface area contributed by atoms with Gasteiger partial charge in [0.1, 0.15) is 11.2 Å². The van der Waals surface area contributed by atoms with Crippen molar-refractivity contribution in [1.29, 1.82) is 0 Å². The standard InChI is InChI=1S/C34H31BO6/c1-38-31(36)30(32(37)39-2)24-15-25-35-40-33(26-16-7-3-8-17-26,27-18-9-4-10-19-27)34(41-35,28-20-11-5-12-21-28)29-22-13-6-14-23-29/h3-23,25,30H,24H2,1-2H3/b25-15+. The molecule has 0 amide bonds. The second-order valence-electron chi connectivity index (χ2n) is 9.69. The van der Waals surface area contributed by atoms with E-state index >= 15 is 0 Å². The molecular weight excluding hydrogens is 515 g/mol. The lowest BCUT2D eigenvalue weighted by Crippen LogP contribution is -2.48. The molecule has 0 spiro atoms. The normalized spacial score (nSPS) is 15.6. The van der Waals surface area contributed by atoms with Crippen LogP contribution in [0.1, 0.15) is 28.7 Å². The molecule has 6 nitrogen and oxygen atoms in total. The van der Waals surface area contributed by atoms with Crippen LogP contribution in [0.2, 0.25) is 0 Å². The third kappa shape index (κ3) is 5.10. The fraction of sp³-hybridized carbons (Fsp3) is 0.176. The number of ether oxygens (including phenoxy) is 2. The zero-order valence-corrected chi connectivity index (χ0v) is 23.0. The highest BCUT2D eigenvalue weighted by Crippen LogP contribution is 2.58. The van der Waals surface area contributed by atoms with Crippen LogP contribution < -0.4 is 0 Å². The van der Waals surface area contributed by atoms with Crippen molar-refractivity contribution in [3.63, 3.8) is 0 Å². The number of hydrogen-bond acceptors (Lipinski definition) is 6. The number of methoxy groups -OCH3 is 2. The lowest BCUT2D eigenvalue weighted by Gasteiger charge is -2.46. The molecule has 4 aromatic carbocycles. The molecule has 5 rings (SSSR count). The van der Waals surface area contributed by atoms with Crippen molar-refractivity contribution < 1.29 is 28.4 Å². The fourth-order valence-corrected chi connectivity index (χ4v) is 5.63. The van der Waals surface area contributed by atoms with Gasteiger partial charge in [-0.15, -0.1) is 0 Å². The van der Waals surface area contributed by atoms with E-state index in [0.717, 1.165) is 22.3 Å². The molecule has 0 aliphatic carbocycles. The van der Waals surface area contributed by atoms with Crippen molar-refractivity contribution in [2.24, 2.45) is 5.92 Å². The molecule has 0 bridgehead atoms. The highest BCUT2D eigenvalue weighted by Gasteiger charge is 2.65. The molecule has 7 heteroatoms. The SMILES string of the molecule is COC(=O)C(C/C=C/B1OC(c2ccccc2)(c2ccccc2)C(c2ccccc2)(c2ccccc2)O1)C(=O)OC. The summed E-state index contributed by atoms with van der Waals surface area (Å²) < 4.78 is 23.8. The summed E-state index contributed by atoms with van der Waals surface area (Å²) in [6.45, 7) is 0. The van der Waals surface area contributed by atoms with Crippen molar-refractivity contribution in [3.05, 3.63) is 156 Å². The van der Waals surface area contributed by atoms with E-state index < -0.39 is 36.2 Å². The zero-order chi connectivity index (χ0) is 28.7. The first kappa shape index (κ1) is 28.1. The lowest BCUT2D eigenvalue weighted by molar-refractivity contribution is -0.158.